The maximum absolute atomic E-state index is 12.4. The van der Waals surface area contributed by atoms with Gasteiger partial charge in [-0.05, 0) is 64.8 Å². The summed E-state index contributed by atoms with van der Waals surface area (Å²) in [5, 5.41) is 16.7. The molecule has 0 bridgehead atoms. The third kappa shape index (κ3) is 3.65. The number of carbonyl (C=O) groups is 1. The lowest BCUT2D eigenvalue weighted by Gasteiger charge is -2.15. The minimum atomic E-state index is -0.202. The molecule has 2 N–H and O–H groups in total. The number of hydrogen-bond acceptors (Lipinski definition) is 3. The minimum absolute atomic E-state index is 0.168. The molecule has 6 heteroatoms. The lowest BCUT2D eigenvalue weighted by atomic mass is 10.1. The molecule has 0 aliphatic carbocycles. The third-order valence-corrected chi connectivity index (χ3v) is 4.07. The molecule has 2 aromatic carbocycles. The molecule has 1 aromatic heterocycles. The number of nitrogens with zero attached hydrogens (tertiary/aromatic N) is 2. The highest BCUT2D eigenvalue weighted by molar-refractivity contribution is 9.10. The van der Waals surface area contributed by atoms with Crippen molar-refractivity contribution in [3.63, 3.8) is 0 Å². The van der Waals surface area contributed by atoms with Gasteiger partial charge >= 0.3 is 0 Å². The van der Waals surface area contributed by atoms with Crippen molar-refractivity contribution in [3.8, 4) is 11.4 Å². The van der Waals surface area contributed by atoms with Gasteiger partial charge in [0.15, 0.2) is 0 Å². The quantitative estimate of drug-likeness (QED) is 0.716. The third-order valence-electron chi connectivity index (χ3n) is 3.66. The molecule has 1 atom stereocenters. The van der Waals surface area contributed by atoms with E-state index in [0.717, 1.165) is 15.7 Å². The minimum Gasteiger partial charge on any atom is -0.508 e. The summed E-state index contributed by atoms with van der Waals surface area (Å²) >= 11 is 3.36. The molecule has 5 nitrogen and oxygen atoms in total. The van der Waals surface area contributed by atoms with Crippen molar-refractivity contribution >= 4 is 21.8 Å². The number of amides is 1. The van der Waals surface area contributed by atoms with Crippen molar-refractivity contribution in [1.82, 2.24) is 15.1 Å². The maximum Gasteiger partial charge on any atom is 0.251 e. The van der Waals surface area contributed by atoms with E-state index in [0.29, 0.717) is 5.56 Å². The SMILES string of the molecule is CC(NC(=O)c1ccc(-n2cc(Br)cn2)cc1)c1cccc(O)c1. The molecule has 0 saturated heterocycles. The van der Waals surface area contributed by atoms with Gasteiger partial charge in [-0.1, -0.05) is 12.1 Å². The van der Waals surface area contributed by atoms with Crippen molar-refractivity contribution in [1.29, 1.82) is 0 Å². The molecule has 0 spiro atoms. The molecule has 0 saturated carbocycles. The van der Waals surface area contributed by atoms with E-state index in [1.54, 1.807) is 41.2 Å². The monoisotopic (exact) mass is 385 g/mol. The Hall–Kier alpha value is -2.60. The van der Waals surface area contributed by atoms with Gasteiger partial charge in [-0.2, -0.15) is 5.10 Å². The Labute approximate surface area is 148 Å². The van der Waals surface area contributed by atoms with Crippen molar-refractivity contribution in [2.45, 2.75) is 13.0 Å². The normalized spacial score (nSPS) is 11.9. The summed E-state index contributed by atoms with van der Waals surface area (Å²) in [7, 11) is 0. The molecule has 0 radical (unpaired) electrons. The number of nitrogens with one attached hydrogen (secondary N) is 1. The number of halogens is 1. The number of aromatic hydroxyl groups is 1. The van der Waals surface area contributed by atoms with Gasteiger partial charge < -0.3 is 10.4 Å². The van der Waals surface area contributed by atoms with E-state index < -0.39 is 0 Å². The summed E-state index contributed by atoms with van der Waals surface area (Å²) in [5.41, 5.74) is 2.29. The van der Waals surface area contributed by atoms with Crippen LogP contribution < -0.4 is 5.32 Å². The first-order valence-electron chi connectivity index (χ1n) is 7.43. The van der Waals surface area contributed by atoms with Crippen molar-refractivity contribution in [2.24, 2.45) is 0 Å². The van der Waals surface area contributed by atoms with E-state index >= 15 is 0 Å². The standard InChI is InChI=1S/C18H16BrN3O2/c1-12(14-3-2-4-17(23)9-14)21-18(24)13-5-7-16(8-6-13)22-11-15(19)10-20-22/h2-12,23H,1H3,(H,21,24). The first kappa shape index (κ1) is 16.3. The Morgan fingerprint density at radius 1 is 1.25 bits per heavy atom. The predicted molar refractivity (Wildman–Crippen MR) is 95.3 cm³/mol. The Morgan fingerprint density at radius 2 is 2.00 bits per heavy atom. The van der Waals surface area contributed by atoms with Gasteiger partial charge in [0.1, 0.15) is 5.75 Å². The van der Waals surface area contributed by atoms with Crippen LogP contribution in [0.15, 0.2) is 65.4 Å². The molecule has 1 heterocycles. The Balaban J connectivity index is 1.71. The van der Waals surface area contributed by atoms with E-state index in [-0.39, 0.29) is 17.7 Å². The first-order valence-corrected chi connectivity index (χ1v) is 8.22. The van der Waals surface area contributed by atoms with Crippen LogP contribution >= 0.6 is 15.9 Å². The molecule has 0 aliphatic rings. The predicted octanol–water partition coefficient (Wildman–Crippen LogP) is 3.83. The molecule has 24 heavy (non-hydrogen) atoms. The molecular formula is C18H16BrN3O2. The largest absolute Gasteiger partial charge is 0.508 e. The number of carbonyl (C=O) groups excluding carboxylic acids is 1. The van der Waals surface area contributed by atoms with Crippen molar-refractivity contribution in [3.05, 3.63) is 76.5 Å². The Morgan fingerprint density at radius 3 is 2.62 bits per heavy atom. The van der Waals surface area contributed by atoms with E-state index in [1.807, 2.05) is 31.3 Å². The van der Waals surface area contributed by atoms with E-state index in [2.05, 4.69) is 26.3 Å². The summed E-state index contributed by atoms with van der Waals surface area (Å²) < 4.78 is 2.62. The second-order valence-corrected chi connectivity index (χ2v) is 6.36. The molecular weight excluding hydrogens is 370 g/mol. The fourth-order valence-corrected chi connectivity index (χ4v) is 2.65. The fourth-order valence-electron chi connectivity index (χ4n) is 2.37. The van der Waals surface area contributed by atoms with E-state index in [1.165, 1.54) is 0 Å². The number of aromatic nitrogens is 2. The highest BCUT2D eigenvalue weighted by atomic mass is 79.9. The molecule has 3 aromatic rings. The van der Waals surface area contributed by atoms with Crippen LogP contribution in [0, 0.1) is 0 Å². The lowest BCUT2D eigenvalue weighted by molar-refractivity contribution is 0.0940. The van der Waals surface area contributed by atoms with Gasteiger partial charge in [-0.3, -0.25) is 4.79 Å². The van der Waals surface area contributed by atoms with Gasteiger partial charge in [0.05, 0.1) is 22.4 Å². The van der Waals surface area contributed by atoms with Crippen LogP contribution in [0.1, 0.15) is 28.9 Å². The average molecular weight is 386 g/mol. The molecule has 122 valence electrons. The Kier molecular flexibility index (Phi) is 4.66. The van der Waals surface area contributed by atoms with Gasteiger partial charge in [0, 0.05) is 11.8 Å². The summed E-state index contributed by atoms with van der Waals surface area (Å²) in [6, 6.07) is 13.9. The molecule has 3 rings (SSSR count). The van der Waals surface area contributed by atoms with Crippen LogP contribution in [0.2, 0.25) is 0 Å². The summed E-state index contributed by atoms with van der Waals surface area (Å²) in [4.78, 5) is 12.4. The van der Waals surface area contributed by atoms with Crippen molar-refractivity contribution < 1.29 is 9.90 Å². The summed E-state index contributed by atoms with van der Waals surface area (Å²) in [5.74, 6) is 0.0161. The number of phenolic OH excluding ortho intramolecular Hbond substituents is 1. The zero-order valence-corrected chi connectivity index (χ0v) is 14.6. The maximum atomic E-state index is 12.4. The lowest BCUT2D eigenvalue weighted by Crippen LogP contribution is -2.26. The second kappa shape index (κ2) is 6.88. The summed E-state index contributed by atoms with van der Waals surface area (Å²) in [6.45, 7) is 1.88. The Bertz CT molecular complexity index is 859. The van der Waals surface area contributed by atoms with Crippen LogP contribution in [0.25, 0.3) is 5.69 Å². The summed E-state index contributed by atoms with van der Waals surface area (Å²) in [6.07, 6.45) is 3.55. The van der Waals surface area contributed by atoms with Crippen LogP contribution in [0.4, 0.5) is 0 Å². The number of rotatable bonds is 4. The first-order chi connectivity index (χ1) is 11.5. The average Bonchev–Trinajstić information content (AvgIpc) is 3.01. The van der Waals surface area contributed by atoms with E-state index in [9.17, 15) is 9.90 Å². The molecule has 0 fully saturated rings. The molecule has 1 amide bonds. The van der Waals surface area contributed by atoms with Gasteiger partial charge in [0.25, 0.3) is 5.91 Å². The van der Waals surface area contributed by atoms with E-state index in [4.69, 9.17) is 0 Å². The number of hydrogen-bond donors (Lipinski definition) is 2. The van der Waals surface area contributed by atoms with Crippen molar-refractivity contribution in [2.75, 3.05) is 0 Å². The van der Waals surface area contributed by atoms with Gasteiger partial charge in [-0.15, -0.1) is 0 Å². The number of phenols is 1. The molecule has 0 aliphatic heterocycles. The van der Waals surface area contributed by atoms with Crippen LogP contribution in [-0.4, -0.2) is 20.8 Å². The zero-order valence-electron chi connectivity index (χ0n) is 13.0. The smallest absolute Gasteiger partial charge is 0.251 e. The topological polar surface area (TPSA) is 67.2 Å². The van der Waals surface area contributed by atoms with Gasteiger partial charge in [-0.25, -0.2) is 4.68 Å². The number of benzene rings is 2. The second-order valence-electron chi connectivity index (χ2n) is 5.44. The van der Waals surface area contributed by atoms with Gasteiger partial charge in [0.2, 0.25) is 0 Å². The highest BCUT2D eigenvalue weighted by Gasteiger charge is 2.12. The fraction of sp³-hybridized carbons (Fsp3) is 0.111. The molecule has 1 unspecified atom stereocenters. The van der Waals surface area contributed by atoms with Crippen LogP contribution in [0.5, 0.6) is 5.75 Å². The van der Waals surface area contributed by atoms with Crippen LogP contribution in [-0.2, 0) is 0 Å². The van der Waals surface area contributed by atoms with Crippen LogP contribution in [0.3, 0.4) is 0 Å². The highest BCUT2D eigenvalue weighted by Crippen LogP contribution is 2.19. The zero-order chi connectivity index (χ0) is 17.1.